The monoisotopic (exact) mass is 428 g/mol. The number of aromatic nitrogens is 1. The first-order chi connectivity index (χ1) is 14.8. The van der Waals surface area contributed by atoms with E-state index in [-0.39, 0.29) is 29.7 Å². The number of aryl methyl sites for hydroxylation is 1. The zero-order chi connectivity index (χ0) is 21.8. The van der Waals surface area contributed by atoms with E-state index in [1.807, 2.05) is 4.90 Å². The highest BCUT2D eigenvalue weighted by atomic mass is 16.5. The Morgan fingerprint density at radius 3 is 2.42 bits per heavy atom. The van der Waals surface area contributed by atoms with Gasteiger partial charge in [-0.2, -0.15) is 0 Å². The maximum absolute atomic E-state index is 13.8. The molecule has 5 aliphatic rings. The standard InChI is InChI=1S/C23H32N4O4/c1-14-6-19(25-31-14)24-20(28)13-26(2)21(29)18-4-3-5-27(18)22(30)23-10-15-7-16(11-23)9-17(8-15)12-23/h6,15-18H,3-5,7-13H2,1-2H3,(H,24,25,28). The predicted octanol–water partition coefficient (Wildman–Crippen LogP) is 2.59. The molecule has 1 aliphatic heterocycles. The van der Waals surface area contributed by atoms with E-state index in [2.05, 4.69) is 10.5 Å². The van der Waals surface area contributed by atoms with Crippen molar-refractivity contribution in [1.29, 1.82) is 0 Å². The topological polar surface area (TPSA) is 95.8 Å². The molecule has 31 heavy (non-hydrogen) atoms. The summed E-state index contributed by atoms with van der Waals surface area (Å²) in [5.41, 5.74) is -0.238. The van der Waals surface area contributed by atoms with E-state index in [0.29, 0.717) is 42.3 Å². The van der Waals surface area contributed by atoms with E-state index in [0.717, 1.165) is 25.7 Å². The normalized spacial score (nSPS) is 33.5. The fourth-order valence-corrected chi connectivity index (χ4v) is 7.10. The van der Waals surface area contributed by atoms with E-state index in [4.69, 9.17) is 4.52 Å². The van der Waals surface area contributed by atoms with Crippen LogP contribution in [0.1, 0.15) is 57.1 Å². The quantitative estimate of drug-likeness (QED) is 0.778. The van der Waals surface area contributed by atoms with Crippen LogP contribution in [0.2, 0.25) is 0 Å². The third-order valence-electron chi connectivity index (χ3n) is 7.94. The zero-order valence-corrected chi connectivity index (χ0v) is 18.4. The average Bonchev–Trinajstić information content (AvgIpc) is 3.34. The Bertz CT molecular complexity index is 859. The Labute approximate surface area is 182 Å². The molecule has 8 nitrogen and oxygen atoms in total. The van der Waals surface area contributed by atoms with E-state index in [1.54, 1.807) is 20.0 Å². The van der Waals surface area contributed by atoms with Gasteiger partial charge in [0.2, 0.25) is 17.7 Å². The number of hydrogen-bond acceptors (Lipinski definition) is 5. The van der Waals surface area contributed by atoms with Crippen molar-refractivity contribution in [1.82, 2.24) is 15.0 Å². The molecule has 5 fully saturated rings. The molecule has 4 saturated carbocycles. The molecule has 0 spiro atoms. The number of nitrogens with one attached hydrogen (secondary N) is 1. The third kappa shape index (κ3) is 3.74. The zero-order valence-electron chi connectivity index (χ0n) is 18.4. The number of nitrogens with zero attached hydrogens (tertiary/aromatic N) is 3. The Kier molecular flexibility index (Phi) is 5.06. The third-order valence-corrected chi connectivity index (χ3v) is 7.94. The maximum Gasteiger partial charge on any atom is 0.245 e. The van der Waals surface area contributed by atoms with Crippen LogP contribution in [-0.2, 0) is 14.4 Å². The second-order valence-corrected chi connectivity index (χ2v) is 10.4. The van der Waals surface area contributed by atoms with Gasteiger partial charge in [0, 0.05) is 19.7 Å². The summed E-state index contributed by atoms with van der Waals surface area (Å²) in [6, 6.07) is 1.18. The predicted molar refractivity (Wildman–Crippen MR) is 113 cm³/mol. The molecule has 1 aromatic rings. The summed E-state index contributed by atoms with van der Waals surface area (Å²) in [7, 11) is 1.63. The van der Waals surface area contributed by atoms with Crippen molar-refractivity contribution in [2.24, 2.45) is 23.2 Å². The van der Waals surface area contributed by atoms with Crippen LogP contribution in [0.15, 0.2) is 10.6 Å². The van der Waals surface area contributed by atoms with Crippen LogP contribution in [-0.4, -0.2) is 58.9 Å². The Balaban J connectivity index is 1.24. The first kappa shape index (κ1) is 20.5. The lowest BCUT2D eigenvalue weighted by Crippen LogP contribution is -2.57. The molecule has 168 valence electrons. The molecule has 0 radical (unpaired) electrons. The summed E-state index contributed by atoms with van der Waals surface area (Å²) in [5.74, 6) is 2.74. The minimum atomic E-state index is -0.451. The molecule has 8 heteroatoms. The summed E-state index contributed by atoms with van der Waals surface area (Å²) < 4.78 is 4.95. The van der Waals surface area contributed by atoms with Crippen molar-refractivity contribution >= 4 is 23.5 Å². The van der Waals surface area contributed by atoms with Crippen molar-refractivity contribution < 1.29 is 18.9 Å². The maximum atomic E-state index is 13.8. The van der Waals surface area contributed by atoms with Gasteiger partial charge in [0.05, 0.1) is 12.0 Å². The van der Waals surface area contributed by atoms with Crippen molar-refractivity contribution in [3.05, 3.63) is 11.8 Å². The van der Waals surface area contributed by atoms with Crippen molar-refractivity contribution in [3.63, 3.8) is 0 Å². The Morgan fingerprint density at radius 1 is 1.19 bits per heavy atom. The van der Waals surface area contributed by atoms with E-state index in [1.165, 1.54) is 24.2 Å². The fraction of sp³-hybridized carbons (Fsp3) is 0.739. The van der Waals surface area contributed by atoms with Crippen LogP contribution < -0.4 is 5.32 Å². The van der Waals surface area contributed by atoms with Crippen LogP contribution in [0.25, 0.3) is 0 Å². The lowest BCUT2D eigenvalue weighted by Gasteiger charge is -2.56. The molecule has 1 aromatic heterocycles. The summed E-state index contributed by atoms with van der Waals surface area (Å²) >= 11 is 0. The highest BCUT2D eigenvalue weighted by molar-refractivity contribution is 5.96. The summed E-state index contributed by atoms with van der Waals surface area (Å²) in [4.78, 5) is 42.6. The molecular formula is C23H32N4O4. The highest BCUT2D eigenvalue weighted by Crippen LogP contribution is 2.60. The minimum Gasteiger partial charge on any atom is -0.360 e. The molecule has 4 aliphatic carbocycles. The number of carbonyl (C=O) groups excluding carboxylic acids is 3. The lowest BCUT2D eigenvalue weighted by atomic mass is 9.49. The van der Waals surface area contributed by atoms with Gasteiger partial charge >= 0.3 is 0 Å². The molecule has 0 aromatic carbocycles. The van der Waals surface area contributed by atoms with E-state index in [9.17, 15) is 14.4 Å². The second-order valence-electron chi connectivity index (χ2n) is 10.4. The Morgan fingerprint density at radius 2 is 1.84 bits per heavy atom. The molecule has 2 heterocycles. The van der Waals surface area contributed by atoms with Crippen LogP contribution in [0.3, 0.4) is 0 Å². The van der Waals surface area contributed by atoms with Crippen LogP contribution >= 0.6 is 0 Å². The molecule has 6 rings (SSSR count). The van der Waals surface area contributed by atoms with Gasteiger partial charge in [-0.1, -0.05) is 5.16 Å². The van der Waals surface area contributed by atoms with Crippen LogP contribution in [0.5, 0.6) is 0 Å². The minimum absolute atomic E-state index is 0.0827. The number of likely N-dealkylation sites (N-methyl/N-ethyl adjacent to an activating group) is 1. The van der Waals surface area contributed by atoms with Gasteiger partial charge in [0.1, 0.15) is 11.8 Å². The van der Waals surface area contributed by atoms with Crippen LogP contribution in [0, 0.1) is 30.1 Å². The van der Waals surface area contributed by atoms with Gasteiger partial charge in [-0.25, -0.2) is 0 Å². The summed E-state index contributed by atoms with van der Waals surface area (Å²) in [6.07, 6.45) is 8.39. The van der Waals surface area contributed by atoms with Crippen molar-refractivity contribution in [3.8, 4) is 0 Å². The molecule has 4 bridgehead atoms. The summed E-state index contributed by atoms with van der Waals surface area (Å²) in [6.45, 7) is 2.31. The van der Waals surface area contributed by atoms with Gasteiger partial charge < -0.3 is 19.6 Å². The largest absolute Gasteiger partial charge is 0.360 e. The summed E-state index contributed by atoms with van der Waals surface area (Å²) in [5, 5.41) is 6.39. The number of anilines is 1. The first-order valence-corrected chi connectivity index (χ1v) is 11.6. The SMILES string of the molecule is Cc1cc(NC(=O)CN(C)C(=O)C2CCCN2C(=O)C23CC4CC(CC(C4)C2)C3)no1. The van der Waals surface area contributed by atoms with E-state index < -0.39 is 6.04 Å². The highest BCUT2D eigenvalue weighted by Gasteiger charge is 2.56. The van der Waals surface area contributed by atoms with Gasteiger partial charge in [-0.05, 0) is 76.0 Å². The fourth-order valence-electron chi connectivity index (χ4n) is 7.10. The Hall–Kier alpha value is -2.38. The number of likely N-dealkylation sites (tertiary alicyclic amines) is 1. The number of carbonyl (C=O) groups is 3. The number of amides is 3. The molecule has 3 amide bonds. The van der Waals surface area contributed by atoms with E-state index >= 15 is 0 Å². The molecule has 1 N–H and O–H groups in total. The molecule has 1 atom stereocenters. The molecular weight excluding hydrogens is 396 g/mol. The smallest absolute Gasteiger partial charge is 0.245 e. The van der Waals surface area contributed by atoms with Gasteiger partial charge in [-0.15, -0.1) is 0 Å². The van der Waals surface area contributed by atoms with Gasteiger partial charge in [-0.3, -0.25) is 14.4 Å². The molecule has 1 saturated heterocycles. The van der Waals surface area contributed by atoms with Crippen molar-refractivity contribution in [2.75, 3.05) is 25.5 Å². The van der Waals surface area contributed by atoms with Gasteiger partial charge in [0.25, 0.3) is 0 Å². The van der Waals surface area contributed by atoms with Gasteiger partial charge in [0.15, 0.2) is 5.82 Å². The average molecular weight is 429 g/mol. The first-order valence-electron chi connectivity index (χ1n) is 11.6. The second kappa shape index (κ2) is 7.64. The van der Waals surface area contributed by atoms with Crippen molar-refractivity contribution in [2.45, 2.75) is 64.3 Å². The molecule has 1 unspecified atom stereocenters. The number of rotatable bonds is 5. The number of hydrogen-bond donors (Lipinski definition) is 1. The van der Waals surface area contributed by atoms with Crippen LogP contribution in [0.4, 0.5) is 5.82 Å². The lowest BCUT2D eigenvalue weighted by molar-refractivity contribution is -0.161.